The molecule has 1 aromatic heterocycles. The molecule has 0 saturated carbocycles. The van der Waals surface area contributed by atoms with Crippen molar-refractivity contribution in [2.45, 2.75) is 12.8 Å². The van der Waals surface area contributed by atoms with Gasteiger partial charge in [-0.2, -0.15) is 0 Å². The Labute approximate surface area is 96.9 Å². The van der Waals surface area contributed by atoms with Gasteiger partial charge < -0.3 is 4.90 Å². The maximum absolute atomic E-state index is 4.47. The Bertz CT molecular complexity index is 458. The minimum absolute atomic E-state index is 1.10. The zero-order valence-corrected chi connectivity index (χ0v) is 9.98. The molecule has 0 atom stereocenters. The Hall–Kier alpha value is -1.41. The van der Waals surface area contributed by atoms with E-state index in [1.54, 1.807) is 0 Å². The van der Waals surface area contributed by atoms with Crippen LogP contribution in [0.25, 0.3) is 10.9 Å². The number of aryl methyl sites for hydroxylation is 1. The first-order chi connectivity index (χ1) is 7.77. The summed E-state index contributed by atoms with van der Waals surface area (Å²) in [7, 11) is 4.22. The summed E-state index contributed by atoms with van der Waals surface area (Å²) in [5.74, 6) is 0. The van der Waals surface area contributed by atoms with Crippen molar-refractivity contribution in [3.8, 4) is 0 Å². The highest BCUT2D eigenvalue weighted by molar-refractivity contribution is 5.81. The molecule has 1 aromatic carbocycles. The molecule has 0 amide bonds. The first kappa shape index (κ1) is 11.1. The smallest absolute Gasteiger partial charge is 0.0733 e. The number of para-hydroxylation sites is 1. The Morgan fingerprint density at radius 3 is 2.75 bits per heavy atom. The molecule has 0 aliphatic rings. The van der Waals surface area contributed by atoms with Crippen LogP contribution in [-0.4, -0.2) is 30.5 Å². The molecular formula is C14H18N2. The minimum Gasteiger partial charge on any atom is -0.309 e. The molecule has 16 heavy (non-hydrogen) atoms. The summed E-state index contributed by atoms with van der Waals surface area (Å²) in [4.78, 5) is 6.69. The van der Waals surface area contributed by atoms with Gasteiger partial charge in [0.1, 0.15) is 0 Å². The first-order valence-corrected chi connectivity index (χ1v) is 5.75. The number of aromatic nitrogens is 1. The average Bonchev–Trinajstić information content (AvgIpc) is 2.29. The summed E-state index contributed by atoms with van der Waals surface area (Å²) in [6.07, 6.45) is 4.16. The van der Waals surface area contributed by atoms with Gasteiger partial charge in [0.2, 0.25) is 0 Å². The van der Waals surface area contributed by atoms with Crippen LogP contribution in [0.1, 0.15) is 12.0 Å². The summed E-state index contributed by atoms with van der Waals surface area (Å²) in [6.45, 7) is 1.13. The number of rotatable bonds is 4. The first-order valence-electron chi connectivity index (χ1n) is 5.75. The number of nitrogens with zero attached hydrogens (tertiary/aromatic N) is 2. The molecule has 0 radical (unpaired) electrons. The van der Waals surface area contributed by atoms with Gasteiger partial charge in [-0.15, -0.1) is 0 Å². The molecule has 0 spiro atoms. The second-order valence-corrected chi connectivity index (χ2v) is 4.40. The van der Waals surface area contributed by atoms with Crippen LogP contribution in [0.2, 0.25) is 0 Å². The SMILES string of the molecule is CN(C)CCCc1cccc2cccnc12. The van der Waals surface area contributed by atoms with E-state index in [9.17, 15) is 0 Å². The third kappa shape index (κ3) is 2.58. The molecule has 2 rings (SSSR count). The molecule has 0 aliphatic carbocycles. The zero-order valence-electron chi connectivity index (χ0n) is 9.98. The Balaban J connectivity index is 2.17. The zero-order chi connectivity index (χ0) is 11.4. The molecule has 0 fully saturated rings. The molecule has 0 saturated heterocycles. The predicted molar refractivity (Wildman–Crippen MR) is 68.6 cm³/mol. The lowest BCUT2D eigenvalue weighted by Crippen LogP contribution is -2.13. The van der Waals surface area contributed by atoms with Gasteiger partial charge in [0, 0.05) is 11.6 Å². The largest absolute Gasteiger partial charge is 0.309 e. The van der Waals surface area contributed by atoms with E-state index in [0.29, 0.717) is 0 Å². The Morgan fingerprint density at radius 1 is 1.12 bits per heavy atom. The highest BCUT2D eigenvalue weighted by Gasteiger charge is 2.01. The van der Waals surface area contributed by atoms with Crippen LogP contribution in [0.4, 0.5) is 0 Å². The fourth-order valence-electron chi connectivity index (χ4n) is 1.95. The molecular weight excluding hydrogens is 196 g/mol. The quantitative estimate of drug-likeness (QED) is 0.778. The van der Waals surface area contributed by atoms with Crippen molar-refractivity contribution in [1.29, 1.82) is 0 Å². The van der Waals surface area contributed by atoms with Crippen molar-refractivity contribution in [2.75, 3.05) is 20.6 Å². The van der Waals surface area contributed by atoms with E-state index in [1.807, 2.05) is 12.3 Å². The van der Waals surface area contributed by atoms with Crippen LogP contribution in [0, 0.1) is 0 Å². The molecule has 1 heterocycles. The fourth-order valence-corrected chi connectivity index (χ4v) is 1.95. The van der Waals surface area contributed by atoms with Crippen molar-refractivity contribution < 1.29 is 0 Å². The summed E-state index contributed by atoms with van der Waals surface area (Å²) < 4.78 is 0. The highest BCUT2D eigenvalue weighted by Crippen LogP contribution is 2.17. The van der Waals surface area contributed by atoms with Crippen molar-refractivity contribution >= 4 is 10.9 Å². The highest BCUT2D eigenvalue weighted by atomic mass is 15.0. The molecule has 84 valence electrons. The lowest BCUT2D eigenvalue weighted by molar-refractivity contribution is 0.400. The van der Waals surface area contributed by atoms with Crippen LogP contribution in [0.5, 0.6) is 0 Å². The fraction of sp³-hybridized carbons (Fsp3) is 0.357. The van der Waals surface area contributed by atoms with Crippen LogP contribution in [0.15, 0.2) is 36.5 Å². The summed E-state index contributed by atoms with van der Waals surface area (Å²) >= 11 is 0. The van der Waals surface area contributed by atoms with E-state index in [4.69, 9.17) is 0 Å². The summed E-state index contributed by atoms with van der Waals surface area (Å²) in [6, 6.07) is 10.5. The van der Waals surface area contributed by atoms with Gasteiger partial charge >= 0.3 is 0 Å². The van der Waals surface area contributed by atoms with Crippen molar-refractivity contribution in [2.24, 2.45) is 0 Å². The van der Waals surface area contributed by atoms with Gasteiger partial charge in [0.25, 0.3) is 0 Å². The molecule has 2 nitrogen and oxygen atoms in total. The molecule has 2 aromatic rings. The van der Waals surface area contributed by atoms with Crippen molar-refractivity contribution in [3.63, 3.8) is 0 Å². The second kappa shape index (κ2) is 5.08. The lowest BCUT2D eigenvalue weighted by atomic mass is 10.1. The van der Waals surface area contributed by atoms with Gasteiger partial charge in [0.05, 0.1) is 5.52 Å². The van der Waals surface area contributed by atoms with Gasteiger partial charge in [-0.05, 0) is 45.1 Å². The minimum atomic E-state index is 1.10. The average molecular weight is 214 g/mol. The molecule has 2 heteroatoms. The van der Waals surface area contributed by atoms with Gasteiger partial charge in [-0.25, -0.2) is 0 Å². The van der Waals surface area contributed by atoms with E-state index < -0.39 is 0 Å². The van der Waals surface area contributed by atoms with Crippen LogP contribution in [0.3, 0.4) is 0 Å². The van der Waals surface area contributed by atoms with E-state index in [-0.39, 0.29) is 0 Å². The van der Waals surface area contributed by atoms with Gasteiger partial charge in [0.15, 0.2) is 0 Å². The van der Waals surface area contributed by atoms with E-state index >= 15 is 0 Å². The maximum Gasteiger partial charge on any atom is 0.0733 e. The van der Waals surface area contributed by atoms with Crippen LogP contribution < -0.4 is 0 Å². The maximum atomic E-state index is 4.47. The van der Waals surface area contributed by atoms with Crippen molar-refractivity contribution in [1.82, 2.24) is 9.88 Å². The molecule has 0 aliphatic heterocycles. The van der Waals surface area contributed by atoms with E-state index in [0.717, 1.165) is 18.5 Å². The normalized spacial score (nSPS) is 11.2. The molecule has 0 unspecified atom stereocenters. The van der Waals surface area contributed by atoms with Gasteiger partial charge in [-0.3, -0.25) is 4.98 Å². The van der Waals surface area contributed by atoms with Crippen molar-refractivity contribution in [3.05, 3.63) is 42.1 Å². The number of benzene rings is 1. The standard InChI is InChI=1S/C14H18N2/c1-16(2)11-5-9-13-7-3-6-12-8-4-10-15-14(12)13/h3-4,6-8,10H,5,9,11H2,1-2H3. The molecule has 0 N–H and O–H groups in total. The number of fused-ring (bicyclic) bond motifs is 1. The summed E-state index contributed by atoms with van der Waals surface area (Å²) in [5.41, 5.74) is 2.52. The lowest BCUT2D eigenvalue weighted by Gasteiger charge is -2.09. The monoisotopic (exact) mass is 214 g/mol. The Morgan fingerprint density at radius 2 is 1.94 bits per heavy atom. The van der Waals surface area contributed by atoms with E-state index in [1.165, 1.54) is 17.4 Å². The number of pyridine rings is 1. The van der Waals surface area contributed by atoms with Crippen LogP contribution >= 0.6 is 0 Å². The topological polar surface area (TPSA) is 16.1 Å². The second-order valence-electron chi connectivity index (χ2n) is 4.40. The van der Waals surface area contributed by atoms with E-state index in [2.05, 4.69) is 48.2 Å². The third-order valence-electron chi connectivity index (χ3n) is 2.77. The van der Waals surface area contributed by atoms with Gasteiger partial charge in [-0.1, -0.05) is 24.3 Å². The molecule has 0 bridgehead atoms. The predicted octanol–water partition coefficient (Wildman–Crippen LogP) is 2.73. The van der Waals surface area contributed by atoms with Crippen LogP contribution in [-0.2, 0) is 6.42 Å². The Kier molecular flexibility index (Phi) is 3.52. The summed E-state index contributed by atoms with van der Waals surface area (Å²) in [5, 5.41) is 1.24. The number of hydrogen-bond donors (Lipinski definition) is 0. The number of hydrogen-bond acceptors (Lipinski definition) is 2. The third-order valence-corrected chi connectivity index (χ3v) is 2.77.